The molecule has 2 nitrogen and oxygen atoms in total. The number of rotatable bonds is 8. The van der Waals surface area contributed by atoms with Crippen molar-refractivity contribution < 1.29 is 0 Å². The molecule has 0 atom stereocenters. The molecule has 0 radical (unpaired) electrons. The van der Waals surface area contributed by atoms with Gasteiger partial charge in [0.05, 0.1) is 0 Å². The third kappa shape index (κ3) is 6.45. The van der Waals surface area contributed by atoms with Gasteiger partial charge < -0.3 is 5.32 Å². The fraction of sp³-hybridized carbons (Fsp3) is 0.579. The Balaban J connectivity index is 2.79. The number of hydrogen-bond acceptors (Lipinski definition) is 2. The summed E-state index contributed by atoms with van der Waals surface area (Å²) < 4.78 is 0. The van der Waals surface area contributed by atoms with Crippen LogP contribution in [-0.4, -0.2) is 29.6 Å². The maximum absolute atomic E-state index is 3.90. The maximum Gasteiger partial charge on any atom is 0.0244 e. The fourth-order valence-corrected chi connectivity index (χ4v) is 2.39. The molecule has 21 heavy (non-hydrogen) atoms. The number of hydrogen-bond donors (Lipinski definition) is 1. The number of nitrogens with zero attached hydrogens (tertiary/aromatic N) is 1. The van der Waals surface area contributed by atoms with Gasteiger partial charge in [0.15, 0.2) is 0 Å². The third-order valence-corrected chi connectivity index (χ3v) is 3.72. The van der Waals surface area contributed by atoms with Crippen molar-refractivity contribution in [2.75, 3.05) is 13.1 Å². The zero-order valence-electron chi connectivity index (χ0n) is 14.4. The third-order valence-electron chi connectivity index (χ3n) is 3.72. The van der Waals surface area contributed by atoms with Crippen LogP contribution < -0.4 is 5.32 Å². The smallest absolute Gasteiger partial charge is 0.0244 e. The molecule has 0 spiro atoms. The molecule has 1 aromatic rings. The van der Waals surface area contributed by atoms with E-state index in [1.807, 2.05) is 6.08 Å². The molecule has 0 aromatic heterocycles. The van der Waals surface area contributed by atoms with Gasteiger partial charge in [-0.25, -0.2) is 0 Å². The summed E-state index contributed by atoms with van der Waals surface area (Å²) in [6.07, 6.45) is 3.08. The molecule has 0 saturated carbocycles. The van der Waals surface area contributed by atoms with Crippen LogP contribution >= 0.6 is 0 Å². The maximum atomic E-state index is 3.90. The second kappa shape index (κ2) is 8.35. The highest BCUT2D eigenvalue weighted by atomic mass is 15.2. The summed E-state index contributed by atoms with van der Waals surface area (Å²) in [5.74, 6) is 0. The summed E-state index contributed by atoms with van der Waals surface area (Å²) in [6, 6.07) is 9.34. The molecule has 118 valence electrons. The highest BCUT2D eigenvalue weighted by molar-refractivity contribution is 5.27. The zero-order valence-corrected chi connectivity index (χ0v) is 14.4. The molecule has 0 amide bonds. The van der Waals surface area contributed by atoms with Crippen molar-refractivity contribution in [2.24, 2.45) is 0 Å². The summed E-state index contributed by atoms with van der Waals surface area (Å²) in [7, 11) is 0. The van der Waals surface area contributed by atoms with E-state index in [-0.39, 0.29) is 5.54 Å². The zero-order chi connectivity index (χ0) is 15.9. The predicted octanol–water partition coefficient (Wildman–Crippen LogP) is 4.01. The molecule has 0 aliphatic heterocycles. The minimum absolute atomic E-state index is 0.150. The fourth-order valence-electron chi connectivity index (χ4n) is 2.39. The molecule has 2 heteroatoms. The molecular weight excluding hydrogens is 256 g/mol. The Morgan fingerprint density at radius 1 is 1.19 bits per heavy atom. The van der Waals surface area contributed by atoms with Gasteiger partial charge in [0.2, 0.25) is 0 Å². The topological polar surface area (TPSA) is 15.3 Å². The van der Waals surface area contributed by atoms with Crippen molar-refractivity contribution >= 4 is 0 Å². The van der Waals surface area contributed by atoms with E-state index in [0.717, 1.165) is 26.1 Å². The van der Waals surface area contributed by atoms with Gasteiger partial charge in [0.1, 0.15) is 0 Å². The molecule has 0 bridgehead atoms. The molecule has 0 aliphatic rings. The average molecular weight is 288 g/mol. The van der Waals surface area contributed by atoms with E-state index in [1.165, 1.54) is 11.1 Å². The summed E-state index contributed by atoms with van der Waals surface area (Å²) in [5, 5.41) is 3.50. The number of benzene rings is 1. The molecule has 1 aromatic carbocycles. The van der Waals surface area contributed by atoms with E-state index in [0.29, 0.717) is 6.04 Å². The minimum Gasteiger partial charge on any atom is -0.314 e. The van der Waals surface area contributed by atoms with Gasteiger partial charge in [0, 0.05) is 24.7 Å². The van der Waals surface area contributed by atoms with Crippen molar-refractivity contribution in [3.8, 4) is 0 Å². The van der Waals surface area contributed by atoms with Crippen LogP contribution in [0.25, 0.3) is 0 Å². The molecule has 0 unspecified atom stereocenters. The Hall–Kier alpha value is -1.12. The van der Waals surface area contributed by atoms with Gasteiger partial charge in [-0.2, -0.15) is 0 Å². The lowest BCUT2D eigenvalue weighted by molar-refractivity contribution is 0.145. The van der Waals surface area contributed by atoms with Crippen LogP contribution in [0.2, 0.25) is 0 Å². The quantitative estimate of drug-likeness (QED) is 0.727. The standard InChI is InChI=1S/C19H32N2/c1-7-14-21(19(4,5)6)15-18-11-9-8-10-17(18)12-13-20-16(2)3/h7-11,16,20H,1,12-15H2,2-6H3. The van der Waals surface area contributed by atoms with E-state index in [2.05, 4.69) is 75.7 Å². The molecule has 1 N–H and O–H groups in total. The first-order valence-corrected chi connectivity index (χ1v) is 8.00. The Bertz CT molecular complexity index is 429. The van der Waals surface area contributed by atoms with Gasteiger partial charge in [-0.15, -0.1) is 6.58 Å². The monoisotopic (exact) mass is 288 g/mol. The number of nitrogens with one attached hydrogen (secondary N) is 1. The van der Waals surface area contributed by atoms with Crippen LogP contribution in [-0.2, 0) is 13.0 Å². The van der Waals surface area contributed by atoms with E-state index in [4.69, 9.17) is 0 Å². The van der Waals surface area contributed by atoms with Crippen molar-refractivity contribution in [3.05, 3.63) is 48.0 Å². The van der Waals surface area contributed by atoms with Gasteiger partial charge in [0.25, 0.3) is 0 Å². The van der Waals surface area contributed by atoms with Crippen LogP contribution in [0.1, 0.15) is 45.7 Å². The highest BCUT2D eigenvalue weighted by Gasteiger charge is 2.20. The van der Waals surface area contributed by atoms with Crippen LogP contribution in [0.4, 0.5) is 0 Å². The van der Waals surface area contributed by atoms with Crippen molar-refractivity contribution in [2.45, 2.75) is 59.2 Å². The Labute approximate surface area is 131 Å². The van der Waals surface area contributed by atoms with Crippen LogP contribution in [0, 0.1) is 0 Å². The van der Waals surface area contributed by atoms with Gasteiger partial charge in [-0.05, 0) is 44.9 Å². The summed E-state index contributed by atoms with van der Waals surface area (Å²) in [5.41, 5.74) is 3.03. The lowest BCUT2D eigenvalue weighted by Crippen LogP contribution is -2.41. The van der Waals surface area contributed by atoms with Gasteiger partial charge >= 0.3 is 0 Å². The second-order valence-electron chi connectivity index (χ2n) is 6.97. The summed E-state index contributed by atoms with van der Waals surface area (Å²) >= 11 is 0. The Morgan fingerprint density at radius 2 is 1.81 bits per heavy atom. The highest BCUT2D eigenvalue weighted by Crippen LogP contribution is 2.19. The van der Waals surface area contributed by atoms with Crippen LogP contribution in [0.3, 0.4) is 0 Å². The van der Waals surface area contributed by atoms with Crippen molar-refractivity contribution in [3.63, 3.8) is 0 Å². The van der Waals surface area contributed by atoms with E-state index >= 15 is 0 Å². The molecule has 1 rings (SSSR count). The summed E-state index contributed by atoms with van der Waals surface area (Å²) in [6.45, 7) is 18.0. The Morgan fingerprint density at radius 3 is 2.33 bits per heavy atom. The average Bonchev–Trinajstić information content (AvgIpc) is 2.38. The SMILES string of the molecule is C=CCN(Cc1ccccc1CCNC(C)C)C(C)(C)C. The normalized spacial score (nSPS) is 12.1. The second-order valence-corrected chi connectivity index (χ2v) is 6.97. The first-order valence-electron chi connectivity index (χ1n) is 8.00. The lowest BCUT2D eigenvalue weighted by Gasteiger charge is -2.35. The minimum atomic E-state index is 0.150. The largest absolute Gasteiger partial charge is 0.314 e. The molecule has 0 fully saturated rings. The van der Waals surface area contributed by atoms with Gasteiger partial charge in [-0.1, -0.05) is 44.2 Å². The lowest BCUT2D eigenvalue weighted by atomic mass is 10.00. The molecule has 0 saturated heterocycles. The van der Waals surface area contributed by atoms with E-state index < -0.39 is 0 Å². The van der Waals surface area contributed by atoms with E-state index in [1.54, 1.807) is 0 Å². The Kier molecular flexibility index (Phi) is 7.13. The van der Waals surface area contributed by atoms with Gasteiger partial charge in [-0.3, -0.25) is 4.90 Å². The van der Waals surface area contributed by atoms with Crippen molar-refractivity contribution in [1.29, 1.82) is 0 Å². The van der Waals surface area contributed by atoms with Crippen molar-refractivity contribution in [1.82, 2.24) is 10.2 Å². The first-order chi connectivity index (χ1) is 9.84. The summed E-state index contributed by atoms with van der Waals surface area (Å²) in [4.78, 5) is 2.47. The van der Waals surface area contributed by atoms with Crippen LogP contribution in [0.15, 0.2) is 36.9 Å². The van der Waals surface area contributed by atoms with Crippen LogP contribution in [0.5, 0.6) is 0 Å². The van der Waals surface area contributed by atoms with E-state index in [9.17, 15) is 0 Å². The molecule has 0 heterocycles. The first kappa shape index (κ1) is 17.9. The molecule has 0 aliphatic carbocycles. The molecular formula is C19H32N2. The predicted molar refractivity (Wildman–Crippen MR) is 93.6 cm³/mol.